The Kier molecular flexibility index (Phi) is 4.14. The lowest BCUT2D eigenvalue weighted by Gasteiger charge is -2.12. The zero-order valence-electron chi connectivity index (χ0n) is 10.1. The van der Waals surface area contributed by atoms with E-state index in [1.54, 1.807) is 19.5 Å². The number of rotatable bonds is 4. The van der Waals surface area contributed by atoms with Crippen LogP contribution in [0.2, 0.25) is 5.02 Å². The number of nitrogens with zero attached hydrogens (tertiary/aromatic N) is 1. The van der Waals surface area contributed by atoms with Crippen LogP contribution < -0.4 is 10.1 Å². The number of aryl methyl sites for hydroxylation is 1. The van der Waals surface area contributed by atoms with Crippen LogP contribution in [0.5, 0.6) is 5.75 Å². The zero-order chi connectivity index (χ0) is 13.1. The first kappa shape index (κ1) is 13.2. The molecule has 0 unspecified atom stereocenters. The smallest absolute Gasteiger partial charge is 0.156 e. The molecule has 0 aliphatic carbocycles. The van der Waals surface area contributed by atoms with Gasteiger partial charge in [-0.2, -0.15) is 0 Å². The quantitative estimate of drug-likeness (QED) is 0.897. The Hall–Kier alpha value is -1.20. The van der Waals surface area contributed by atoms with Gasteiger partial charge in [0.1, 0.15) is 0 Å². The third kappa shape index (κ3) is 2.79. The van der Waals surface area contributed by atoms with Crippen molar-refractivity contribution >= 4 is 33.2 Å². The molecule has 0 radical (unpaired) electrons. The van der Waals surface area contributed by atoms with E-state index in [9.17, 15) is 0 Å². The predicted octanol–water partition coefficient (Wildman–Crippen LogP) is 3.75. The monoisotopic (exact) mass is 329 g/mol. The van der Waals surface area contributed by atoms with Gasteiger partial charge in [0.2, 0.25) is 0 Å². The molecule has 1 aromatic carbocycles. The lowest BCUT2D eigenvalue weighted by atomic mass is 10.2. The summed E-state index contributed by atoms with van der Waals surface area (Å²) < 4.78 is 6.15. The van der Waals surface area contributed by atoms with Crippen LogP contribution in [-0.4, -0.2) is 17.1 Å². The summed E-state index contributed by atoms with van der Waals surface area (Å²) in [7, 11) is 1.62. The molecule has 1 heterocycles. The highest BCUT2D eigenvalue weighted by molar-refractivity contribution is 9.10. The van der Waals surface area contributed by atoms with Crippen molar-refractivity contribution in [3.05, 3.63) is 39.3 Å². The Balaban J connectivity index is 2.21. The van der Waals surface area contributed by atoms with Crippen molar-refractivity contribution in [3.63, 3.8) is 0 Å². The number of anilines is 1. The maximum Gasteiger partial charge on any atom is 0.156 e. The minimum atomic E-state index is 0.610. The Morgan fingerprint density at radius 3 is 2.89 bits per heavy atom. The first-order valence-corrected chi connectivity index (χ1v) is 6.54. The number of benzene rings is 1. The number of hydrogen-bond donors (Lipinski definition) is 2. The fourth-order valence-corrected chi connectivity index (χ4v) is 2.62. The number of halogens is 2. The van der Waals surface area contributed by atoms with Gasteiger partial charge in [0.25, 0.3) is 0 Å². The SMILES string of the molecule is COc1c(Br)cc(Cl)cc1NCc1nc[nH]c1C. The Labute approximate surface area is 119 Å². The summed E-state index contributed by atoms with van der Waals surface area (Å²) in [5, 5.41) is 3.91. The average molecular weight is 331 g/mol. The van der Waals surface area contributed by atoms with Gasteiger partial charge >= 0.3 is 0 Å². The van der Waals surface area contributed by atoms with Crippen molar-refractivity contribution in [3.8, 4) is 5.75 Å². The van der Waals surface area contributed by atoms with Crippen LogP contribution >= 0.6 is 27.5 Å². The van der Waals surface area contributed by atoms with Gasteiger partial charge in [-0.3, -0.25) is 0 Å². The van der Waals surface area contributed by atoms with Crippen molar-refractivity contribution in [1.29, 1.82) is 0 Å². The molecule has 0 saturated heterocycles. The van der Waals surface area contributed by atoms with Crippen LogP contribution in [0.3, 0.4) is 0 Å². The maximum atomic E-state index is 6.02. The first-order chi connectivity index (χ1) is 8.61. The van der Waals surface area contributed by atoms with E-state index in [2.05, 4.69) is 31.2 Å². The number of H-pyrrole nitrogens is 1. The second kappa shape index (κ2) is 5.63. The van der Waals surface area contributed by atoms with Gasteiger partial charge in [-0.25, -0.2) is 4.98 Å². The summed E-state index contributed by atoms with van der Waals surface area (Å²) >= 11 is 9.44. The highest BCUT2D eigenvalue weighted by atomic mass is 79.9. The molecule has 0 bridgehead atoms. The molecule has 0 aliphatic heterocycles. The van der Waals surface area contributed by atoms with Crippen LogP contribution in [0.1, 0.15) is 11.4 Å². The number of ether oxygens (including phenoxy) is 1. The van der Waals surface area contributed by atoms with Gasteiger partial charge in [-0.05, 0) is 35.0 Å². The lowest BCUT2D eigenvalue weighted by molar-refractivity contribution is 0.414. The molecule has 2 aromatic rings. The lowest BCUT2D eigenvalue weighted by Crippen LogP contribution is -2.03. The van der Waals surface area contributed by atoms with Crippen LogP contribution in [0.25, 0.3) is 0 Å². The minimum absolute atomic E-state index is 0.610. The largest absolute Gasteiger partial charge is 0.493 e. The molecule has 0 atom stereocenters. The molecule has 1 aromatic heterocycles. The summed E-state index contributed by atoms with van der Waals surface area (Å²) in [5.41, 5.74) is 2.84. The number of hydrogen-bond acceptors (Lipinski definition) is 3. The third-order valence-corrected chi connectivity index (χ3v) is 3.40. The fourth-order valence-electron chi connectivity index (χ4n) is 1.64. The topological polar surface area (TPSA) is 49.9 Å². The second-order valence-corrected chi connectivity index (χ2v) is 5.09. The van der Waals surface area contributed by atoms with E-state index in [0.29, 0.717) is 11.6 Å². The van der Waals surface area contributed by atoms with E-state index in [-0.39, 0.29) is 0 Å². The van der Waals surface area contributed by atoms with Crippen molar-refractivity contribution in [2.45, 2.75) is 13.5 Å². The Morgan fingerprint density at radius 1 is 1.50 bits per heavy atom. The van der Waals surface area contributed by atoms with Crippen molar-refractivity contribution in [1.82, 2.24) is 9.97 Å². The van der Waals surface area contributed by atoms with E-state index in [0.717, 1.165) is 27.3 Å². The summed E-state index contributed by atoms with van der Waals surface area (Å²) in [4.78, 5) is 7.27. The van der Waals surface area contributed by atoms with Gasteiger partial charge in [0.15, 0.2) is 5.75 Å². The Bertz CT molecular complexity index is 556. The molecule has 6 heteroatoms. The summed E-state index contributed by atoms with van der Waals surface area (Å²) in [5.74, 6) is 0.729. The fraction of sp³-hybridized carbons (Fsp3) is 0.250. The molecule has 4 nitrogen and oxygen atoms in total. The first-order valence-electron chi connectivity index (χ1n) is 5.37. The summed E-state index contributed by atoms with van der Waals surface area (Å²) in [6.07, 6.45) is 1.68. The van der Waals surface area contributed by atoms with Gasteiger partial charge in [-0.1, -0.05) is 11.6 Å². The zero-order valence-corrected chi connectivity index (χ0v) is 12.4. The molecule has 2 N–H and O–H groups in total. The summed E-state index contributed by atoms with van der Waals surface area (Å²) in [6, 6.07) is 3.62. The van der Waals surface area contributed by atoms with Gasteiger partial charge in [0, 0.05) is 10.7 Å². The van der Waals surface area contributed by atoms with E-state index >= 15 is 0 Å². The number of aromatic amines is 1. The summed E-state index contributed by atoms with van der Waals surface area (Å²) in [6.45, 7) is 2.59. The van der Waals surface area contributed by atoms with Gasteiger partial charge in [0.05, 0.1) is 35.8 Å². The molecule has 0 saturated carbocycles. The molecular weight excluding hydrogens is 318 g/mol. The molecule has 0 amide bonds. The van der Waals surface area contributed by atoms with E-state index < -0.39 is 0 Å². The number of nitrogens with one attached hydrogen (secondary N) is 2. The van der Waals surface area contributed by atoms with Crippen LogP contribution in [-0.2, 0) is 6.54 Å². The van der Waals surface area contributed by atoms with Crippen LogP contribution in [0.15, 0.2) is 22.9 Å². The number of imidazole rings is 1. The average Bonchev–Trinajstić information content (AvgIpc) is 2.71. The van der Waals surface area contributed by atoms with Crippen molar-refractivity contribution in [2.75, 3.05) is 12.4 Å². The van der Waals surface area contributed by atoms with Gasteiger partial charge < -0.3 is 15.0 Å². The number of methoxy groups -OCH3 is 1. The highest BCUT2D eigenvalue weighted by Gasteiger charge is 2.10. The van der Waals surface area contributed by atoms with E-state index in [1.807, 2.05) is 13.0 Å². The second-order valence-electron chi connectivity index (χ2n) is 3.80. The maximum absolute atomic E-state index is 6.02. The molecule has 96 valence electrons. The standard InChI is InChI=1S/C12H13BrClN3O/c1-7-11(17-6-16-7)5-15-10-4-8(14)3-9(13)12(10)18-2/h3-4,6,15H,5H2,1-2H3,(H,16,17). The Morgan fingerprint density at radius 2 is 2.28 bits per heavy atom. The van der Waals surface area contributed by atoms with Crippen molar-refractivity contribution < 1.29 is 4.74 Å². The molecular formula is C12H13BrClN3O. The van der Waals surface area contributed by atoms with Crippen LogP contribution in [0.4, 0.5) is 5.69 Å². The van der Waals surface area contributed by atoms with Crippen molar-refractivity contribution in [2.24, 2.45) is 0 Å². The minimum Gasteiger partial charge on any atom is -0.493 e. The van der Waals surface area contributed by atoms with Gasteiger partial charge in [-0.15, -0.1) is 0 Å². The predicted molar refractivity (Wildman–Crippen MR) is 76.4 cm³/mol. The molecule has 0 spiro atoms. The van der Waals surface area contributed by atoms with E-state index in [4.69, 9.17) is 16.3 Å². The highest BCUT2D eigenvalue weighted by Crippen LogP contribution is 2.36. The van der Waals surface area contributed by atoms with E-state index in [1.165, 1.54) is 0 Å². The number of aromatic nitrogens is 2. The molecule has 0 fully saturated rings. The molecule has 2 rings (SSSR count). The van der Waals surface area contributed by atoms with Crippen LogP contribution in [0, 0.1) is 6.92 Å². The molecule has 18 heavy (non-hydrogen) atoms. The normalized spacial score (nSPS) is 10.4. The third-order valence-electron chi connectivity index (χ3n) is 2.59. The molecule has 0 aliphatic rings.